The Kier molecular flexibility index (Phi) is 4.35. The summed E-state index contributed by atoms with van der Waals surface area (Å²) in [5.74, 6) is 1.45. The molecular formula is C20H26ClNO3. The van der Waals surface area contributed by atoms with Crippen molar-refractivity contribution in [1.82, 2.24) is 4.90 Å². The van der Waals surface area contributed by atoms with Crippen LogP contribution < -0.4 is 4.74 Å². The van der Waals surface area contributed by atoms with E-state index >= 15 is 0 Å². The average molecular weight is 364 g/mol. The van der Waals surface area contributed by atoms with E-state index in [0.717, 1.165) is 25.1 Å². The average Bonchev–Trinajstić information content (AvgIpc) is 2.60. The third-order valence-electron chi connectivity index (χ3n) is 6.54. The fourth-order valence-corrected chi connectivity index (χ4v) is 5.62. The first kappa shape index (κ1) is 17.0. The summed E-state index contributed by atoms with van der Waals surface area (Å²) < 4.78 is 10.8. The van der Waals surface area contributed by atoms with Crippen LogP contribution in [-0.2, 0) is 16.6 Å². The molecule has 1 aromatic rings. The van der Waals surface area contributed by atoms with E-state index in [4.69, 9.17) is 21.1 Å². The fourth-order valence-electron chi connectivity index (χ4n) is 5.54. The molecule has 2 aliphatic carbocycles. The van der Waals surface area contributed by atoms with Crippen LogP contribution in [0, 0.1) is 5.92 Å². The number of nitrogens with zero attached hydrogens (tertiary/aromatic N) is 1. The highest BCUT2D eigenvalue weighted by Gasteiger charge is 2.55. The van der Waals surface area contributed by atoms with Gasteiger partial charge in [-0.25, -0.2) is 4.79 Å². The van der Waals surface area contributed by atoms with Gasteiger partial charge in [-0.2, -0.15) is 0 Å². The Balaban J connectivity index is 1.74. The molecular weight excluding hydrogens is 338 g/mol. The van der Waals surface area contributed by atoms with E-state index in [9.17, 15) is 4.79 Å². The largest absolute Gasteiger partial charge is 0.497 e. The van der Waals surface area contributed by atoms with Gasteiger partial charge in [-0.15, -0.1) is 0 Å². The number of benzene rings is 1. The second kappa shape index (κ2) is 6.39. The molecule has 1 aromatic carbocycles. The van der Waals surface area contributed by atoms with Crippen LogP contribution >= 0.6 is 11.6 Å². The summed E-state index contributed by atoms with van der Waals surface area (Å²) in [6, 6.07) is 6.70. The molecule has 25 heavy (non-hydrogen) atoms. The first-order valence-electron chi connectivity index (χ1n) is 9.34. The minimum atomic E-state index is -0.592. The van der Waals surface area contributed by atoms with E-state index in [1.807, 2.05) is 11.0 Å². The molecule has 0 N–H and O–H groups in total. The van der Waals surface area contributed by atoms with Crippen molar-refractivity contribution in [2.24, 2.45) is 5.92 Å². The Bertz CT molecular complexity index is 677. The monoisotopic (exact) mass is 363 g/mol. The predicted molar refractivity (Wildman–Crippen MR) is 97.2 cm³/mol. The Morgan fingerprint density at radius 2 is 2.20 bits per heavy atom. The molecule has 1 heterocycles. The number of alkyl halides is 1. The molecule has 3 aliphatic rings. The summed E-state index contributed by atoms with van der Waals surface area (Å²) in [7, 11) is 1.73. The first-order chi connectivity index (χ1) is 12.0. The summed E-state index contributed by atoms with van der Waals surface area (Å²) in [5, 5.41) is 0. The van der Waals surface area contributed by atoms with Gasteiger partial charge < -0.3 is 14.4 Å². The van der Waals surface area contributed by atoms with Crippen LogP contribution in [0.25, 0.3) is 0 Å². The van der Waals surface area contributed by atoms with E-state index in [1.54, 1.807) is 14.0 Å². The van der Waals surface area contributed by atoms with Gasteiger partial charge in [0.1, 0.15) is 5.75 Å². The zero-order valence-electron chi connectivity index (χ0n) is 15.0. The third-order valence-corrected chi connectivity index (χ3v) is 6.63. The molecule has 4 rings (SSSR count). The lowest BCUT2D eigenvalue weighted by atomic mass is 9.52. The van der Waals surface area contributed by atoms with Gasteiger partial charge in [0, 0.05) is 18.0 Å². The fraction of sp³-hybridized carbons (Fsp3) is 0.650. The summed E-state index contributed by atoms with van der Waals surface area (Å²) in [5.41, 5.74) is 2.42. The van der Waals surface area contributed by atoms with E-state index in [0.29, 0.717) is 5.92 Å². The van der Waals surface area contributed by atoms with Crippen LogP contribution in [-0.4, -0.2) is 36.3 Å². The molecule has 136 valence electrons. The molecule has 4 nitrogen and oxygen atoms in total. The first-order valence-corrected chi connectivity index (χ1v) is 9.77. The maximum absolute atomic E-state index is 12.6. The van der Waals surface area contributed by atoms with Crippen LogP contribution in [0.3, 0.4) is 0 Å². The number of ether oxygens (including phenoxy) is 2. The highest BCUT2D eigenvalue weighted by atomic mass is 35.5. The van der Waals surface area contributed by atoms with E-state index in [2.05, 4.69) is 12.1 Å². The smallest absolute Gasteiger partial charge is 0.411 e. The van der Waals surface area contributed by atoms with Gasteiger partial charge in [0.25, 0.3) is 0 Å². The second-order valence-corrected chi connectivity index (χ2v) is 8.29. The van der Waals surface area contributed by atoms with Gasteiger partial charge in [-0.05, 0) is 61.8 Å². The quantitative estimate of drug-likeness (QED) is 0.727. The lowest BCUT2D eigenvalue weighted by Crippen LogP contribution is -2.62. The van der Waals surface area contributed by atoms with Crippen molar-refractivity contribution in [2.45, 2.75) is 62.5 Å². The molecule has 5 heteroatoms. The molecule has 0 radical (unpaired) electrons. The van der Waals surface area contributed by atoms with Crippen molar-refractivity contribution in [3.05, 3.63) is 29.3 Å². The molecule has 0 spiro atoms. The molecule has 1 aliphatic heterocycles. The van der Waals surface area contributed by atoms with Crippen molar-refractivity contribution < 1.29 is 14.3 Å². The molecule has 1 saturated carbocycles. The van der Waals surface area contributed by atoms with Crippen LogP contribution in [0.2, 0.25) is 0 Å². The molecule has 2 fully saturated rings. The number of piperidine rings is 1. The highest BCUT2D eigenvalue weighted by Crippen LogP contribution is 2.56. The Labute approximate surface area is 154 Å². The zero-order chi connectivity index (χ0) is 17.6. The number of methoxy groups -OCH3 is 1. The van der Waals surface area contributed by atoms with Crippen molar-refractivity contribution >= 4 is 17.7 Å². The van der Waals surface area contributed by atoms with Crippen LogP contribution in [0.5, 0.6) is 5.75 Å². The number of rotatable bonds is 2. The van der Waals surface area contributed by atoms with Crippen molar-refractivity contribution in [3.8, 4) is 5.75 Å². The minimum absolute atomic E-state index is 0.189. The van der Waals surface area contributed by atoms with E-state index < -0.39 is 5.56 Å². The van der Waals surface area contributed by atoms with Gasteiger partial charge in [0.05, 0.1) is 7.11 Å². The Morgan fingerprint density at radius 3 is 2.96 bits per heavy atom. The Morgan fingerprint density at radius 1 is 1.36 bits per heavy atom. The lowest BCUT2D eigenvalue weighted by Gasteiger charge is -2.58. The van der Waals surface area contributed by atoms with Crippen LogP contribution in [0.4, 0.5) is 4.79 Å². The molecule has 2 bridgehead atoms. The topological polar surface area (TPSA) is 38.8 Å². The van der Waals surface area contributed by atoms with Crippen molar-refractivity contribution in [1.29, 1.82) is 0 Å². The summed E-state index contributed by atoms with van der Waals surface area (Å²) in [4.78, 5) is 14.5. The maximum Gasteiger partial charge on any atom is 0.411 e. The number of amides is 1. The summed E-state index contributed by atoms with van der Waals surface area (Å²) in [6.45, 7) is 2.44. The minimum Gasteiger partial charge on any atom is -0.497 e. The van der Waals surface area contributed by atoms with Gasteiger partial charge in [0.15, 0.2) is 5.56 Å². The molecule has 1 amide bonds. The van der Waals surface area contributed by atoms with Gasteiger partial charge in [-0.1, -0.05) is 30.5 Å². The van der Waals surface area contributed by atoms with E-state index in [1.165, 1.54) is 36.8 Å². The van der Waals surface area contributed by atoms with E-state index in [-0.39, 0.29) is 17.6 Å². The SMILES string of the molecule is COc1ccc2c(c1)[C@]13CCCC[C@@H]1C(C2)N(C(=O)OC(C)Cl)CC3. The highest BCUT2D eigenvalue weighted by molar-refractivity contribution is 6.19. The normalized spacial score (nSPS) is 31.6. The summed E-state index contributed by atoms with van der Waals surface area (Å²) in [6.07, 6.45) is 6.55. The van der Waals surface area contributed by atoms with Gasteiger partial charge in [-0.3, -0.25) is 0 Å². The molecule has 0 aromatic heterocycles. The number of hydrogen-bond acceptors (Lipinski definition) is 3. The number of carbonyl (C=O) groups is 1. The predicted octanol–water partition coefficient (Wildman–Crippen LogP) is 4.48. The number of hydrogen-bond donors (Lipinski definition) is 0. The molecule has 1 saturated heterocycles. The number of fused-ring (bicyclic) bond motifs is 1. The molecule has 2 unspecified atom stereocenters. The van der Waals surface area contributed by atoms with Gasteiger partial charge >= 0.3 is 6.09 Å². The van der Waals surface area contributed by atoms with Crippen LogP contribution in [0.1, 0.15) is 50.2 Å². The lowest BCUT2D eigenvalue weighted by molar-refractivity contribution is -0.0136. The number of carbonyl (C=O) groups excluding carboxylic acids is 1. The second-order valence-electron chi connectivity index (χ2n) is 7.67. The van der Waals surface area contributed by atoms with Crippen molar-refractivity contribution in [2.75, 3.05) is 13.7 Å². The van der Waals surface area contributed by atoms with Gasteiger partial charge in [0.2, 0.25) is 0 Å². The maximum atomic E-state index is 12.6. The molecule has 4 atom stereocenters. The summed E-state index contributed by atoms with van der Waals surface area (Å²) >= 11 is 5.89. The zero-order valence-corrected chi connectivity index (χ0v) is 15.7. The standard InChI is InChI=1S/C20H26ClNO3/c1-13(21)25-19(23)22-10-9-20-8-4-3-5-16(20)18(22)11-14-6-7-15(24-2)12-17(14)20/h6-7,12-13,16,18H,3-5,8-11H2,1-2H3/t13?,16-,18?,20+/m1/s1. The number of likely N-dealkylation sites (tertiary alicyclic amines) is 1. The Hall–Kier alpha value is -1.42. The number of halogens is 1. The van der Waals surface area contributed by atoms with Crippen LogP contribution in [0.15, 0.2) is 18.2 Å². The van der Waals surface area contributed by atoms with Crippen molar-refractivity contribution in [3.63, 3.8) is 0 Å². The third kappa shape index (κ3) is 2.69.